The number of benzene rings is 1. The third-order valence-electron chi connectivity index (χ3n) is 3.01. The van der Waals surface area contributed by atoms with Gasteiger partial charge in [-0.1, -0.05) is 80.0 Å². The lowest BCUT2D eigenvalue weighted by molar-refractivity contribution is 0.572. The predicted molar refractivity (Wildman–Crippen MR) is 107 cm³/mol. The van der Waals surface area contributed by atoms with Crippen molar-refractivity contribution in [1.29, 1.82) is 0 Å². The van der Waals surface area contributed by atoms with Gasteiger partial charge in [0.25, 0.3) is 0 Å². The van der Waals surface area contributed by atoms with Crippen LogP contribution in [0.4, 0.5) is 5.69 Å². The van der Waals surface area contributed by atoms with Gasteiger partial charge >= 0.3 is 0 Å². The van der Waals surface area contributed by atoms with E-state index in [0.717, 1.165) is 6.54 Å². The summed E-state index contributed by atoms with van der Waals surface area (Å²) >= 11 is 0. The fourth-order valence-electron chi connectivity index (χ4n) is 2.24. The van der Waals surface area contributed by atoms with Crippen molar-refractivity contribution in [3.63, 3.8) is 0 Å². The molecular formula is C21H43N. The molecule has 0 amide bonds. The van der Waals surface area contributed by atoms with Crippen LogP contribution < -0.4 is 4.90 Å². The van der Waals surface area contributed by atoms with Crippen LogP contribution in [-0.4, -0.2) is 12.6 Å². The second kappa shape index (κ2) is 20.0. The standard InChI is InChI=1S/C12H17N.C3H8.3C2H6/c1-3-13-10(2)8-9-11-6-4-5-7-12(11)13;1-3-2;3*1-2/h4-7,10H,3,8-9H2,1-2H3;3H2,1-2H3;3*1-2H3. The molecule has 1 aliphatic heterocycles. The van der Waals surface area contributed by atoms with E-state index in [2.05, 4.69) is 56.9 Å². The summed E-state index contributed by atoms with van der Waals surface area (Å²) in [6, 6.07) is 9.49. The highest BCUT2D eigenvalue weighted by molar-refractivity contribution is 5.56. The van der Waals surface area contributed by atoms with Crippen LogP contribution in [0.25, 0.3) is 0 Å². The maximum Gasteiger partial charge on any atom is 0.0401 e. The first kappa shape index (κ1) is 25.9. The van der Waals surface area contributed by atoms with E-state index in [4.69, 9.17) is 0 Å². The normalized spacial score (nSPS) is 14.3. The number of nitrogens with zero attached hydrogens (tertiary/aromatic N) is 1. The molecule has 2 rings (SSSR count). The third-order valence-corrected chi connectivity index (χ3v) is 3.01. The van der Waals surface area contributed by atoms with Gasteiger partial charge in [0.05, 0.1) is 0 Å². The van der Waals surface area contributed by atoms with E-state index in [1.807, 2.05) is 41.5 Å². The van der Waals surface area contributed by atoms with Crippen molar-refractivity contribution < 1.29 is 0 Å². The largest absolute Gasteiger partial charge is 0.369 e. The lowest BCUT2D eigenvalue weighted by Gasteiger charge is -2.36. The molecule has 0 fully saturated rings. The Morgan fingerprint density at radius 3 is 1.82 bits per heavy atom. The number of hydrogen-bond donors (Lipinski definition) is 0. The molecule has 1 unspecified atom stereocenters. The van der Waals surface area contributed by atoms with Gasteiger partial charge in [0.1, 0.15) is 0 Å². The Balaban J connectivity index is -0.000000344. The zero-order chi connectivity index (χ0) is 18.0. The van der Waals surface area contributed by atoms with Crippen LogP contribution in [0.15, 0.2) is 24.3 Å². The first-order valence-electron chi connectivity index (χ1n) is 9.59. The Hall–Kier alpha value is -0.980. The SMILES string of the molecule is CC.CC.CC.CCC.CCN1c2ccccc2CCC1C. The van der Waals surface area contributed by atoms with Gasteiger partial charge in [-0.25, -0.2) is 0 Å². The Morgan fingerprint density at radius 1 is 0.909 bits per heavy atom. The monoisotopic (exact) mass is 309 g/mol. The molecule has 1 nitrogen and oxygen atoms in total. The van der Waals surface area contributed by atoms with Crippen LogP contribution in [0.5, 0.6) is 0 Å². The van der Waals surface area contributed by atoms with Gasteiger partial charge in [-0.15, -0.1) is 0 Å². The smallest absolute Gasteiger partial charge is 0.0401 e. The summed E-state index contributed by atoms with van der Waals surface area (Å²) < 4.78 is 0. The van der Waals surface area contributed by atoms with Gasteiger partial charge in [0, 0.05) is 18.3 Å². The van der Waals surface area contributed by atoms with Gasteiger partial charge in [-0.05, 0) is 38.3 Å². The fourth-order valence-corrected chi connectivity index (χ4v) is 2.24. The van der Waals surface area contributed by atoms with Crippen molar-refractivity contribution in [1.82, 2.24) is 0 Å². The van der Waals surface area contributed by atoms with Crippen LogP contribution >= 0.6 is 0 Å². The maximum atomic E-state index is 2.50. The summed E-state index contributed by atoms with van der Waals surface area (Å²) in [5, 5.41) is 0. The molecule has 0 saturated carbocycles. The molecule has 0 aromatic heterocycles. The summed E-state index contributed by atoms with van der Waals surface area (Å²) in [7, 11) is 0. The van der Waals surface area contributed by atoms with Gasteiger partial charge in [0.2, 0.25) is 0 Å². The lowest BCUT2D eigenvalue weighted by atomic mass is 9.97. The van der Waals surface area contributed by atoms with E-state index in [-0.39, 0.29) is 0 Å². The zero-order valence-electron chi connectivity index (χ0n) is 17.2. The van der Waals surface area contributed by atoms with E-state index in [1.165, 1.54) is 30.5 Å². The second-order valence-corrected chi connectivity index (χ2v) is 4.51. The van der Waals surface area contributed by atoms with E-state index < -0.39 is 0 Å². The van der Waals surface area contributed by atoms with E-state index >= 15 is 0 Å². The van der Waals surface area contributed by atoms with Gasteiger partial charge in [0.15, 0.2) is 0 Å². The number of rotatable bonds is 1. The zero-order valence-corrected chi connectivity index (χ0v) is 17.2. The number of hydrogen-bond acceptors (Lipinski definition) is 1. The average molecular weight is 310 g/mol. The van der Waals surface area contributed by atoms with E-state index in [9.17, 15) is 0 Å². The molecule has 0 spiro atoms. The molecule has 1 heteroatoms. The first-order valence-corrected chi connectivity index (χ1v) is 9.59. The molecule has 1 heterocycles. The minimum atomic E-state index is 0.708. The highest BCUT2D eigenvalue weighted by atomic mass is 15.2. The Kier molecular flexibility index (Phi) is 23.6. The molecule has 0 saturated heterocycles. The minimum absolute atomic E-state index is 0.708. The van der Waals surface area contributed by atoms with Crippen molar-refractivity contribution in [3.8, 4) is 0 Å². The first-order chi connectivity index (χ1) is 10.7. The third kappa shape index (κ3) is 9.87. The lowest BCUT2D eigenvalue weighted by Crippen LogP contribution is -2.36. The quantitative estimate of drug-likeness (QED) is 0.524. The van der Waals surface area contributed by atoms with Crippen LogP contribution in [0, 0.1) is 0 Å². The molecule has 0 aliphatic carbocycles. The molecule has 1 aromatic rings. The molecule has 22 heavy (non-hydrogen) atoms. The van der Waals surface area contributed by atoms with Crippen molar-refractivity contribution >= 4 is 5.69 Å². The molecular weight excluding hydrogens is 266 g/mol. The highest BCUT2D eigenvalue weighted by Crippen LogP contribution is 2.29. The second-order valence-electron chi connectivity index (χ2n) is 4.51. The van der Waals surface area contributed by atoms with Crippen LogP contribution in [0.2, 0.25) is 0 Å². The summed E-state index contributed by atoms with van der Waals surface area (Å²) in [5.41, 5.74) is 2.96. The summed E-state index contributed by atoms with van der Waals surface area (Å²) in [4.78, 5) is 2.50. The fraction of sp³-hybridized carbons (Fsp3) is 0.714. The molecule has 1 atom stereocenters. The van der Waals surface area contributed by atoms with Crippen molar-refractivity contribution in [2.75, 3.05) is 11.4 Å². The van der Waals surface area contributed by atoms with Gasteiger partial charge in [-0.2, -0.15) is 0 Å². The average Bonchev–Trinajstić information content (AvgIpc) is 2.61. The summed E-state index contributed by atoms with van der Waals surface area (Å²) in [5.74, 6) is 0. The van der Waals surface area contributed by atoms with E-state index in [1.54, 1.807) is 0 Å². The topological polar surface area (TPSA) is 3.24 Å². The van der Waals surface area contributed by atoms with Crippen LogP contribution in [0.3, 0.4) is 0 Å². The number of aryl methyl sites for hydroxylation is 1. The highest BCUT2D eigenvalue weighted by Gasteiger charge is 2.20. The van der Waals surface area contributed by atoms with Crippen LogP contribution in [-0.2, 0) is 6.42 Å². The minimum Gasteiger partial charge on any atom is -0.369 e. The van der Waals surface area contributed by atoms with Gasteiger partial charge < -0.3 is 4.90 Å². The van der Waals surface area contributed by atoms with Crippen LogP contribution in [0.1, 0.15) is 87.6 Å². The Labute approximate surface area is 142 Å². The van der Waals surface area contributed by atoms with Gasteiger partial charge in [-0.3, -0.25) is 0 Å². The van der Waals surface area contributed by atoms with Crippen molar-refractivity contribution in [2.45, 2.75) is 94.5 Å². The predicted octanol–water partition coefficient (Wildman–Crippen LogP) is 7.34. The molecule has 1 aliphatic rings. The molecule has 0 bridgehead atoms. The Morgan fingerprint density at radius 2 is 1.36 bits per heavy atom. The van der Waals surface area contributed by atoms with Crippen molar-refractivity contribution in [3.05, 3.63) is 29.8 Å². The number of anilines is 1. The Bertz CT molecular complexity index is 307. The number of fused-ring (bicyclic) bond motifs is 1. The number of para-hydroxylation sites is 1. The molecule has 0 N–H and O–H groups in total. The molecule has 132 valence electrons. The summed E-state index contributed by atoms with van der Waals surface area (Å²) in [6.45, 7) is 21.9. The summed E-state index contributed by atoms with van der Waals surface area (Å²) in [6.07, 6.45) is 3.79. The molecule has 0 radical (unpaired) electrons. The van der Waals surface area contributed by atoms with Crippen molar-refractivity contribution in [2.24, 2.45) is 0 Å². The van der Waals surface area contributed by atoms with E-state index in [0.29, 0.717) is 6.04 Å². The molecule has 1 aromatic carbocycles. The maximum absolute atomic E-state index is 2.50.